The number of thioether (sulfide) groups is 1. The van der Waals surface area contributed by atoms with Crippen LogP contribution in [0.3, 0.4) is 0 Å². The molecule has 1 saturated heterocycles. The van der Waals surface area contributed by atoms with Crippen LogP contribution in [-0.2, 0) is 17.6 Å². The molecule has 1 aromatic rings. The molecule has 0 bridgehead atoms. The summed E-state index contributed by atoms with van der Waals surface area (Å²) in [6.45, 7) is 2.70. The van der Waals surface area contributed by atoms with E-state index in [1.807, 2.05) is 11.8 Å². The van der Waals surface area contributed by atoms with Crippen molar-refractivity contribution in [3.05, 3.63) is 11.6 Å². The third kappa shape index (κ3) is 4.24. The Hall–Kier alpha value is -0.590. The number of morpholine rings is 1. The fourth-order valence-corrected chi connectivity index (χ4v) is 3.80. The van der Waals surface area contributed by atoms with Gasteiger partial charge in [-0.2, -0.15) is 16.9 Å². The molecule has 0 spiro atoms. The van der Waals surface area contributed by atoms with Crippen molar-refractivity contribution in [1.82, 2.24) is 20.1 Å². The van der Waals surface area contributed by atoms with Gasteiger partial charge in [0.2, 0.25) is 0 Å². The monoisotopic (exact) mass is 324 g/mol. The van der Waals surface area contributed by atoms with Crippen LogP contribution in [-0.4, -0.2) is 52.6 Å². The molecule has 1 aliphatic heterocycles. The van der Waals surface area contributed by atoms with E-state index in [9.17, 15) is 0 Å². The lowest BCUT2D eigenvalue weighted by atomic mass is 9.95. The van der Waals surface area contributed by atoms with E-state index in [0.717, 1.165) is 49.9 Å². The van der Waals surface area contributed by atoms with Gasteiger partial charge in [0.15, 0.2) is 5.82 Å². The van der Waals surface area contributed by atoms with Gasteiger partial charge in [0.25, 0.3) is 0 Å². The van der Waals surface area contributed by atoms with Gasteiger partial charge < -0.3 is 10.1 Å². The summed E-state index contributed by atoms with van der Waals surface area (Å²) in [5.74, 6) is 3.24. The second-order valence-electron chi connectivity index (χ2n) is 6.32. The van der Waals surface area contributed by atoms with Crippen LogP contribution in [0.2, 0.25) is 0 Å². The Labute approximate surface area is 137 Å². The molecule has 1 saturated carbocycles. The van der Waals surface area contributed by atoms with Gasteiger partial charge in [-0.05, 0) is 19.1 Å². The number of aryl methyl sites for hydroxylation is 1. The Kier molecular flexibility index (Phi) is 6.15. The van der Waals surface area contributed by atoms with Gasteiger partial charge in [-0.25, -0.2) is 9.67 Å². The first-order valence-electron chi connectivity index (χ1n) is 8.62. The molecular formula is C16H28N4OS. The average Bonchev–Trinajstić information content (AvgIpc) is 2.97. The number of hydrogen-bond donors (Lipinski definition) is 1. The summed E-state index contributed by atoms with van der Waals surface area (Å²) in [4.78, 5) is 4.85. The molecule has 1 aliphatic carbocycles. The topological polar surface area (TPSA) is 52.0 Å². The normalized spacial score (nSPS) is 23.8. The first kappa shape index (κ1) is 16.3. The molecule has 6 heteroatoms. The van der Waals surface area contributed by atoms with E-state index < -0.39 is 0 Å². The van der Waals surface area contributed by atoms with Gasteiger partial charge in [0.05, 0.1) is 18.8 Å². The summed E-state index contributed by atoms with van der Waals surface area (Å²) in [5.41, 5.74) is 0. The van der Waals surface area contributed by atoms with Crippen molar-refractivity contribution in [1.29, 1.82) is 0 Å². The maximum Gasteiger partial charge on any atom is 0.151 e. The lowest BCUT2D eigenvalue weighted by Gasteiger charge is -2.26. The van der Waals surface area contributed by atoms with E-state index in [1.54, 1.807) is 0 Å². The van der Waals surface area contributed by atoms with Crippen LogP contribution in [0.4, 0.5) is 0 Å². The SMILES string of the molecule is CSCCc1nc(C[C@@H]2CNCCO2)n(C2CCCCC2)n1. The number of hydrogen-bond acceptors (Lipinski definition) is 5. The van der Waals surface area contributed by atoms with E-state index in [1.165, 1.54) is 32.1 Å². The van der Waals surface area contributed by atoms with Gasteiger partial charge in [0.1, 0.15) is 5.82 Å². The molecule has 0 amide bonds. The van der Waals surface area contributed by atoms with Gasteiger partial charge in [-0.3, -0.25) is 0 Å². The van der Waals surface area contributed by atoms with E-state index in [2.05, 4.69) is 16.3 Å². The van der Waals surface area contributed by atoms with Crippen molar-refractivity contribution in [2.75, 3.05) is 31.7 Å². The molecule has 3 rings (SSSR count). The summed E-state index contributed by atoms with van der Waals surface area (Å²) >= 11 is 1.86. The summed E-state index contributed by atoms with van der Waals surface area (Å²) in [6.07, 6.45) is 10.8. The highest BCUT2D eigenvalue weighted by atomic mass is 32.2. The maximum absolute atomic E-state index is 5.87. The number of aromatic nitrogens is 3. The van der Waals surface area contributed by atoms with Gasteiger partial charge in [0, 0.05) is 31.7 Å². The summed E-state index contributed by atoms with van der Waals surface area (Å²) < 4.78 is 8.11. The van der Waals surface area contributed by atoms with Crippen molar-refractivity contribution >= 4 is 11.8 Å². The molecule has 2 fully saturated rings. The molecule has 1 aromatic heterocycles. The third-order valence-corrected chi connectivity index (χ3v) is 5.22. The van der Waals surface area contributed by atoms with Crippen LogP contribution in [0.15, 0.2) is 0 Å². The third-order valence-electron chi connectivity index (χ3n) is 4.61. The van der Waals surface area contributed by atoms with Crippen LogP contribution in [0, 0.1) is 0 Å². The van der Waals surface area contributed by atoms with Crippen LogP contribution in [0.25, 0.3) is 0 Å². The molecule has 2 aliphatic rings. The van der Waals surface area contributed by atoms with E-state index in [4.69, 9.17) is 14.8 Å². The van der Waals surface area contributed by atoms with E-state index in [0.29, 0.717) is 6.04 Å². The van der Waals surface area contributed by atoms with Crippen LogP contribution in [0.5, 0.6) is 0 Å². The maximum atomic E-state index is 5.87. The summed E-state index contributed by atoms with van der Waals surface area (Å²) in [7, 11) is 0. The first-order valence-corrected chi connectivity index (χ1v) is 10.0. The van der Waals surface area contributed by atoms with Crippen molar-refractivity contribution in [2.45, 2.75) is 57.1 Å². The van der Waals surface area contributed by atoms with Crippen LogP contribution in [0.1, 0.15) is 49.8 Å². The minimum absolute atomic E-state index is 0.244. The Bertz CT molecular complexity index is 453. The van der Waals surface area contributed by atoms with Crippen molar-refractivity contribution < 1.29 is 4.74 Å². The Morgan fingerprint density at radius 1 is 1.32 bits per heavy atom. The van der Waals surface area contributed by atoms with E-state index in [-0.39, 0.29) is 6.10 Å². The molecule has 124 valence electrons. The smallest absolute Gasteiger partial charge is 0.151 e. The lowest BCUT2D eigenvalue weighted by Crippen LogP contribution is -2.40. The van der Waals surface area contributed by atoms with Crippen molar-refractivity contribution in [3.8, 4) is 0 Å². The number of nitrogens with zero attached hydrogens (tertiary/aromatic N) is 3. The fraction of sp³-hybridized carbons (Fsp3) is 0.875. The second-order valence-corrected chi connectivity index (χ2v) is 7.31. The molecule has 0 unspecified atom stereocenters. The Morgan fingerprint density at radius 2 is 2.18 bits per heavy atom. The number of nitrogens with one attached hydrogen (secondary N) is 1. The van der Waals surface area contributed by atoms with Gasteiger partial charge >= 0.3 is 0 Å². The lowest BCUT2D eigenvalue weighted by molar-refractivity contribution is 0.0270. The zero-order valence-corrected chi connectivity index (χ0v) is 14.4. The zero-order valence-electron chi connectivity index (χ0n) is 13.6. The van der Waals surface area contributed by atoms with Crippen molar-refractivity contribution in [3.63, 3.8) is 0 Å². The second kappa shape index (κ2) is 8.31. The molecule has 0 aromatic carbocycles. The van der Waals surface area contributed by atoms with Crippen LogP contribution < -0.4 is 5.32 Å². The minimum Gasteiger partial charge on any atom is -0.375 e. The largest absolute Gasteiger partial charge is 0.375 e. The highest BCUT2D eigenvalue weighted by Crippen LogP contribution is 2.29. The summed E-state index contributed by atoms with van der Waals surface area (Å²) in [6, 6.07) is 0.552. The standard InChI is InChI=1S/C16H28N4OS/c1-22-10-7-15-18-16(11-14-12-17-8-9-21-14)20(19-15)13-5-3-2-4-6-13/h13-14,17H,2-12H2,1H3/t14-/m1/s1. The minimum atomic E-state index is 0.244. The fourth-order valence-electron chi connectivity index (χ4n) is 3.42. The van der Waals surface area contributed by atoms with Gasteiger partial charge in [-0.1, -0.05) is 19.3 Å². The molecule has 1 N–H and O–H groups in total. The van der Waals surface area contributed by atoms with E-state index >= 15 is 0 Å². The highest BCUT2D eigenvalue weighted by molar-refractivity contribution is 7.98. The number of rotatable bonds is 6. The number of ether oxygens (including phenoxy) is 1. The molecule has 2 heterocycles. The average molecular weight is 324 g/mol. The first-order chi connectivity index (χ1) is 10.9. The Balaban J connectivity index is 1.73. The highest BCUT2D eigenvalue weighted by Gasteiger charge is 2.24. The molecular weight excluding hydrogens is 296 g/mol. The molecule has 22 heavy (non-hydrogen) atoms. The zero-order chi connectivity index (χ0) is 15.2. The quantitative estimate of drug-likeness (QED) is 0.869. The molecule has 1 atom stereocenters. The van der Waals surface area contributed by atoms with Gasteiger partial charge in [-0.15, -0.1) is 0 Å². The predicted molar refractivity (Wildman–Crippen MR) is 90.5 cm³/mol. The summed E-state index contributed by atoms with van der Waals surface area (Å²) in [5, 5.41) is 8.26. The molecule has 0 radical (unpaired) electrons. The van der Waals surface area contributed by atoms with Crippen LogP contribution >= 0.6 is 11.8 Å². The van der Waals surface area contributed by atoms with Crippen molar-refractivity contribution in [2.24, 2.45) is 0 Å². The molecule has 5 nitrogen and oxygen atoms in total. The predicted octanol–water partition coefficient (Wildman–Crippen LogP) is 2.22. The Morgan fingerprint density at radius 3 is 2.91 bits per heavy atom.